The Morgan fingerprint density at radius 2 is 2.36 bits per heavy atom. The lowest BCUT2D eigenvalue weighted by atomic mass is 10.2. The van der Waals surface area contributed by atoms with Gasteiger partial charge in [0.1, 0.15) is 0 Å². The molecule has 0 bridgehead atoms. The molecule has 0 aliphatic heterocycles. The zero-order chi connectivity index (χ0) is 10.4. The molecule has 1 aromatic heterocycles. The van der Waals surface area contributed by atoms with Crippen LogP contribution in [0.5, 0.6) is 0 Å². The summed E-state index contributed by atoms with van der Waals surface area (Å²) in [7, 11) is 0. The number of rotatable bonds is 4. The van der Waals surface area contributed by atoms with Crippen LogP contribution >= 0.6 is 22.6 Å². The minimum atomic E-state index is -0.0395. The van der Waals surface area contributed by atoms with E-state index in [1.165, 1.54) is 0 Å². The number of hydrogen-bond acceptors (Lipinski definition) is 2. The molecular weight excluding hydrogens is 291 g/mol. The molecule has 76 valence electrons. The van der Waals surface area contributed by atoms with Crippen LogP contribution in [0.25, 0.3) is 0 Å². The summed E-state index contributed by atoms with van der Waals surface area (Å²) in [5.74, 6) is -0.0395. The first-order valence-electron chi connectivity index (χ1n) is 4.51. The predicted octanol–water partition coefficient (Wildman–Crippen LogP) is 1.94. The van der Waals surface area contributed by atoms with Crippen molar-refractivity contribution in [3.8, 4) is 0 Å². The van der Waals surface area contributed by atoms with Gasteiger partial charge in [-0.1, -0.05) is 22.6 Å². The van der Waals surface area contributed by atoms with Crippen molar-refractivity contribution in [1.29, 1.82) is 0 Å². The van der Waals surface area contributed by atoms with Crippen LogP contribution < -0.4 is 5.32 Å². The smallest absolute Gasteiger partial charge is 0.252 e. The normalized spacial score (nSPS) is 9.86. The van der Waals surface area contributed by atoms with E-state index in [1.54, 1.807) is 12.3 Å². The van der Waals surface area contributed by atoms with E-state index in [0.717, 1.165) is 23.1 Å². The summed E-state index contributed by atoms with van der Waals surface area (Å²) in [4.78, 5) is 15.5. The van der Waals surface area contributed by atoms with Crippen LogP contribution in [0.3, 0.4) is 0 Å². The molecule has 4 heteroatoms. The minimum Gasteiger partial charge on any atom is -0.352 e. The van der Waals surface area contributed by atoms with Gasteiger partial charge in [-0.05, 0) is 25.5 Å². The van der Waals surface area contributed by atoms with Gasteiger partial charge in [-0.25, -0.2) is 0 Å². The summed E-state index contributed by atoms with van der Waals surface area (Å²) in [6, 6.07) is 3.63. The molecule has 3 nitrogen and oxygen atoms in total. The molecule has 0 radical (unpaired) electrons. The van der Waals surface area contributed by atoms with Gasteiger partial charge in [-0.15, -0.1) is 0 Å². The molecule has 0 aliphatic carbocycles. The quantitative estimate of drug-likeness (QED) is 0.525. The molecule has 0 atom stereocenters. The van der Waals surface area contributed by atoms with Gasteiger partial charge in [0.05, 0.1) is 5.56 Å². The lowest BCUT2D eigenvalue weighted by molar-refractivity contribution is 0.0953. The van der Waals surface area contributed by atoms with Gasteiger partial charge in [-0.2, -0.15) is 0 Å². The maximum absolute atomic E-state index is 11.5. The Morgan fingerprint density at radius 1 is 1.57 bits per heavy atom. The third-order valence-electron chi connectivity index (χ3n) is 1.77. The number of nitrogens with zero attached hydrogens (tertiary/aromatic N) is 1. The molecule has 0 fully saturated rings. The van der Waals surface area contributed by atoms with Crippen LogP contribution in [-0.4, -0.2) is 21.9 Å². The summed E-state index contributed by atoms with van der Waals surface area (Å²) in [6.45, 7) is 2.63. The number of alkyl halides is 1. The standard InChI is InChI=1S/C10H13IN2O/c1-8-3-4-9(7-13-8)10(14)12-6-2-5-11/h3-4,7H,2,5-6H2,1H3,(H,12,14). The molecule has 0 aromatic carbocycles. The Hall–Kier alpha value is -0.650. The van der Waals surface area contributed by atoms with E-state index < -0.39 is 0 Å². The summed E-state index contributed by atoms with van der Waals surface area (Å²) in [5.41, 5.74) is 1.55. The molecule has 1 rings (SSSR count). The zero-order valence-corrected chi connectivity index (χ0v) is 10.2. The Balaban J connectivity index is 2.48. The molecule has 1 heterocycles. The van der Waals surface area contributed by atoms with E-state index in [9.17, 15) is 4.79 Å². The highest BCUT2D eigenvalue weighted by Gasteiger charge is 2.03. The van der Waals surface area contributed by atoms with Crippen LogP contribution in [0.4, 0.5) is 0 Å². The van der Waals surface area contributed by atoms with Gasteiger partial charge in [0.25, 0.3) is 5.91 Å². The van der Waals surface area contributed by atoms with Crippen molar-refractivity contribution in [3.05, 3.63) is 29.6 Å². The van der Waals surface area contributed by atoms with E-state index in [4.69, 9.17) is 0 Å². The number of halogens is 1. The van der Waals surface area contributed by atoms with Gasteiger partial charge >= 0.3 is 0 Å². The first-order valence-corrected chi connectivity index (χ1v) is 6.03. The van der Waals surface area contributed by atoms with Crippen LogP contribution in [0.15, 0.2) is 18.3 Å². The number of amides is 1. The molecule has 0 unspecified atom stereocenters. The van der Waals surface area contributed by atoms with Crippen LogP contribution in [0.2, 0.25) is 0 Å². The maximum atomic E-state index is 11.5. The fourth-order valence-electron chi connectivity index (χ4n) is 0.973. The van der Waals surface area contributed by atoms with Gasteiger partial charge in [0, 0.05) is 22.9 Å². The monoisotopic (exact) mass is 304 g/mol. The van der Waals surface area contributed by atoms with Crippen molar-refractivity contribution < 1.29 is 4.79 Å². The van der Waals surface area contributed by atoms with Crippen molar-refractivity contribution in [1.82, 2.24) is 10.3 Å². The molecule has 1 amide bonds. The highest BCUT2D eigenvalue weighted by molar-refractivity contribution is 14.1. The summed E-state index contributed by atoms with van der Waals surface area (Å²) < 4.78 is 1.06. The van der Waals surface area contributed by atoms with Crippen molar-refractivity contribution in [2.45, 2.75) is 13.3 Å². The number of aromatic nitrogens is 1. The lowest BCUT2D eigenvalue weighted by Crippen LogP contribution is -2.24. The average Bonchev–Trinajstić information content (AvgIpc) is 2.19. The summed E-state index contributed by atoms with van der Waals surface area (Å²) in [6.07, 6.45) is 2.61. The molecule has 0 spiro atoms. The van der Waals surface area contributed by atoms with Crippen molar-refractivity contribution >= 4 is 28.5 Å². The third-order valence-corrected chi connectivity index (χ3v) is 2.53. The molecule has 1 N–H and O–H groups in total. The van der Waals surface area contributed by atoms with E-state index in [-0.39, 0.29) is 5.91 Å². The van der Waals surface area contributed by atoms with Gasteiger partial charge in [0.2, 0.25) is 0 Å². The zero-order valence-electron chi connectivity index (χ0n) is 8.09. The van der Waals surface area contributed by atoms with Crippen molar-refractivity contribution in [3.63, 3.8) is 0 Å². The topological polar surface area (TPSA) is 42.0 Å². The first-order chi connectivity index (χ1) is 6.74. The van der Waals surface area contributed by atoms with E-state index in [1.807, 2.05) is 13.0 Å². The largest absolute Gasteiger partial charge is 0.352 e. The van der Waals surface area contributed by atoms with E-state index in [2.05, 4.69) is 32.9 Å². The fourth-order valence-corrected chi connectivity index (χ4v) is 1.35. The number of hydrogen-bond donors (Lipinski definition) is 1. The van der Waals surface area contributed by atoms with Crippen LogP contribution in [0, 0.1) is 6.92 Å². The second-order valence-corrected chi connectivity index (χ2v) is 4.07. The SMILES string of the molecule is Cc1ccc(C(=O)NCCCI)cn1. The highest BCUT2D eigenvalue weighted by Crippen LogP contribution is 1.99. The van der Waals surface area contributed by atoms with Gasteiger partial charge < -0.3 is 5.32 Å². The Labute approximate surface area is 97.4 Å². The van der Waals surface area contributed by atoms with Gasteiger partial charge in [0.15, 0.2) is 0 Å². The molecule has 1 aromatic rings. The van der Waals surface area contributed by atoms with Crippen molar-refractivity contribution in [2.24, 2.45) is 0 Å². The Kier molecular flexibility index (Phi) is 4.86. The highest BCUT2D eigenvalue weighted by atomic mass is 127. The predicted molar refractivity (Wildman–Crippen MR) is 64.8 cm³/mol. The molecule has 0 aliphatic rings. The second-order valence-electron chi connectivity index (χ2n) is 2.99. The number of pyridine rings is 1. The molecule has 14 heavy (non-hydrogen) atoms. The summed E-state index contributed by atoms with van der Waals surface area (Å²) in [5, 5.41) is 2.84. The number of carbonyl (C=O) groups excluding carboxylic acids is 1. The third kappa shape index (κ3) is 3.61. The number of aryl methyl sites for hydroxylation is 1. The molecule has 0 saturated carbocycles. The Bertz CT molecular complexity index is 297. The van der Waals surface area contributed by atoms with E-state index in [0.29, 0.717) is 5.56 Å². The maximum Gasteiger partial charge on any atom is 0.252 e. The number of nitrogens with one attached hydrogen (secondary N) is 1. The second kappa shape index (κ2) is 5.95. The lowest BCUT2D eigenvalue weighted by Gasteiger charge is -2.03. The van der Waals surface area contributed by atoms with Crippen molar-refractivity contribution in [2.75, 3.05) is 11.0 Å². The van der Waals surface area contributed by atoms with Gasteiger partial charge in [-0.3, -0.25) is 9.78 Å². The minimum absolute atomic E-state index is 0.0395. The van der Waals surface area contributed by atoms with Crippen LogP contribution in [0.1, 0.15) is 22.5 Å². The number of carbonyl (C=O) groups is 1. The average molecular weight is 304 g/mol. The molecule has 0 saturated heterocycles. The summed E-state index contributed by atoms with van der Waals surface area (Å²) >= 11 is 2.29. The fraction of sp³-hybridized carbons (Fsp3) is 0.400. The first kappa shape index (κ1) is 11.4. The Morgan fingerprint density at radius 3 is 2.93 bits per heavy atom. The van der Waals surface area contributed by atoms with E-state index >= 15 is 0 Å². The van der Waals surface area contributed by atoms with Crippen LogP contribution in [-0.2, 0) is 0 Å². The molecular formula is C10H13IN2O.